The van der Waals surface area contributed by atoms with E-state index in [0.717, 1.165) is 25.9 Å². The maximum absolute atomic E-state index is 9.44. The molecule has 2 unspecified atom stereocenters. The Labute approximate surface area is 67.5 Å². The van der Waals surface area contributed by atoms with E-state index in [-0.39, 0.29) is 11.6 Å². The van der Waals surface area contributed by atoms with Crippen molar-refractivity contribution in [1.82, 2.24) is 4.90 Å². The summed E-state index contributed by atoms with van der Waals surface area (Å²) in [4.78, 5) is 2.35. The molecule has 0 aromatic rings. The second kappa shape index (κ2) is 2.08. The van der Waals surface area contributed by atoms with Crippen LogP contribution in [0, 0.1) is 0 Å². The van der Waals surface area contributed by atoms with Gasteiger partial charge in [0.15, 0.2) is 0 Å². The Morgan fingerprint density at radius 1 is 1.73 bits per heavy atom. The first-order valence-corrected chi connectivity index (χ1v) is 4.24. The minimum atomic E-state index is -0.128. The number of nitrogens with zero attached hydrogens (tertiary/aromatic N) is 1. The van der Waals surface area contributed by atoms with E-state index in [1.807, 2.05) is 0 Å². The lowest BCUT2D eigenvalue weighted by Gasteiger charge is -2.27. The van der Waals surface area contributed by atoms with E-state index in [0.29, 0.717) is 0 Å². The molecule has 0 bridgehead atoms. The van der Waals surface area contributed by atoms with Crippen LogP contribution in [0.25, 0.3) is 0 Å². The van der Waals surface area contributed by atoms with Crippen LogP contribution in [0.15, 0.2) is 12.2 Å². The molecule has 0 aromatic carbocycles. The van der Waals surface area contributed by atoms with Gasteiger partial charge < -0.3 is 5.11 Å². The molecule has 0 radical (unpaired) electrons. The van der Waals surface area contributed by atoms with Crippen LogP contribution in [0.5, 0.6) is 0 Å². The highest BCUT2D eigenvalue weighted by atomic mass is 16.3. The Bertz CT molecular complexity index is 202. The number of rotatable bonds is 0. The lowest BCUT2D eigenvalue weighted by atomic mass is 9.92. The summed E-state index contributed by atoms with van der Waals surface area (Å²) in [7, 11) is 0. The first-order valence-electron chi connectivity index (χ1n) is 4.24. The second-order valence-electron chi connectivity index (χ2n) is 3.93. The molecule has 2 fully saturated rings. The fraction of sp³-hybridized carbons (Fsp3) is 0.778. The third-order valence-electron chi connectivity index (χ3n) is 3.21. The van der Waals surface area contributed by atoms with Gasteiger partial charge in [-0.05, 0) is 19.8 Å². The number of hydrogen-bond acceptors (Lipinski definition) is 2. The molecule has 0 spiro atoms. The van der Waals surface area contributed by atoms with Crippen molar-refractivity contribution in [3.8, 4) is 0 Å². The van der Waals surface area contributed by atoms with Crippen molar-refractivity contribution in [2.75, 3.05) is 13.1 Å². The summed E-state index contributed by atoms with van der Waals surface area (Å²) >= 11 is 0. The Morgan fingerprint density at radius 2 is 2.45 bits per heavy atom. The van der Waals surface area contributed by atoms with Crippen LogP contribution >= 0.6 is 0 Å². The van der Waals surface area contributed by atoms with E-state index >= 15 is 0 Å². The smallest absolute Gasteiger partial charge is 0.0688 e. The van der Waals surface area contributed by atoms with Crippen molar-refractivity contribution in [3.63, 3.8) is 0 Å². The Hall–Kier alpha value is -0.340. The zero-order valence-corrected chi connectivity index (χ0v) is 7.01. The molecular weight excluding hydrogens is 138 g/mol. The van der Waals surface area contributed by atoms with Crippen molar-refractivity contribution in [3.05, 3.63) is 12.2 Å². The molecule has 62 valence electrons. The molecule has 0 aromatic heterocycles. The van der Waals surface area contributed by atoms with E-state index in [9.17, 15) is 5.11 Å². The van der Waals surface area contributed by atoms with Crippen molar-refractivity contribution >= 4 is 0 Å². The van der Waals surface area contributed by atoms with Crippen molar-refractivity contribution < 1.29 is 5.11 Å². The van der Waals surface area contributed by atoms with Gasteiger partial charge in [-0.1, -0.05) is 12.2 Å². The Morgan fingerprint density at radius 3 is 3.09 bits per heavy atom. The number of hydrogen-bond donors (Lipinski definition) is 1. The van der Waals surface area contributed by atoms with Gasteiger partial charge in [-0.15, -0.1) is 0 Å². The monoisotopic (exact) mass is 153 g/mol. The quantitative estimate of drug-likeness (QED) is 0.520. The molecule has 2 aliphatic rings. The van der Waals surface area contributed by atoms with Crippen LogP contribution in [0.4, 0.5) is 0 Å². The van der Waals surface area contributed by atoms with Gasteiger partial charge in [-0.25, -0.2) is 0 Å². The molecular formula is C9H15NO. The lowest BCUT2D eigenvalue weighted by Crippen LogP contribution is -2.35. The predicted octanol–water partition coefficient (Wildman–Crippen LogP) is 0.772. The zero-order valence-electron chi connectivity index (χ0n) is 7.01. The van der Waals surface area contributed by atoms with Crippen molar-refractivity contribution in [2.24, 2.45) is 0 Å². The van der Waals surface area contributed by atoms with Gasteiger partial charge in [0.2, 0.25) is 0 Å². The van der Waals surface area contributed by atoms with Gasteiger partial charge in [-0.3, -0.25) is 4.90 Å². The fourth-order valence-electron chi connectivity index (χ4n) is 2.35. The molecule has 2 rings (SSSR count). The van der Waals surface area contributed by atoms with Crippen LogP contribution in [0.3, 0.4) is 0 Å². The van der Waals surface area contributed by atoms with Gasteiger partial charge in [0.25, 0.3) is 0 Å². The summed E-state index contributed by atoms with van der Waals surface area (Å²) in [5, 5.41) is 9.44. The Kier molecular flexibility index (Phi) is 1.38. The lowest BCUT2D eigenvalue weighted by molar-refractivity contribution is 0.177. The summed E-state index contributed by atoms with van der Waals surface area (Å²) in [6.45, 7) is 8.18. The summed E-state index contributed by atoms with van der Waals surface area (Å²) < 4.78 is 0. The second-order valence-corrected chi connectivity index (χ2v) is 3.93. The highest BCUT2D eigenvalue weighted by molar-refractivity contribution is 5.24. The van der Waals surface area contributed by atoms with Gasteiger partial charge in [0, 0.05) is 18.6 Å². The molecule has 11 heavy (non-hydrogen) atoms. The maximum Gasteiger partial charge on any atom is 0.0688 e. The standard InChI is InChI=1S/C9H15NO/c1-7-3-4-10-6-8(11)5-9(7,10)2/h8,11H,1,3-6H2,2H3. The van der Waals surface area contributed by atoms with Gasteiger partial charge in [0.05, 0.1) is 6.10 Å². The number of aliphatic hydroxyl groups excluding tert-OH is 1. The van der Waals surface area contributed by atoms with Crippen LogP contribution in [-0.4, -0.2) is 34.7 Å². The average molecular weight is 153 g/mol. The molecule has 0 amide bonds. The van der Waals surface area contributed by atoms with Gasteiger partial charge >= 0.3 is 0 Å². The molecule has 2 atom stereocenters. The van der Waals surface area contributed by atoms with Gasteiger partial charge in [-0.2, -0.15) is 0 Å². The van der Waals surface area contributed by atoms with E-state index in [2.05, 4.69) is 18.4 Å². The summed E-state index contributed by atoms with van der Waals surface area (Å²) in [5.74, 6) is 0. The van der Waals surface area contributed by atoms with E-state index in [4.69, 9.17) is 0 Å². The zero-order chi connectivity index (χ0) is 8.06. The summed E-state index contributed by atoms with van der Waals surface area (Å²) in [5.41, 5.74) is 1.42. The number of fused-ring (bicyclic) bond motifs is 1. The van der Waals surface area contributed by atoms with Crippen molar-refractivity contribution in [1.29, 1.82) is 0 Å². The largest absolute Gasteiger partial charge is 0.392 e. The highest BCUT2D eigenvalue weighted by Crippen LogP contribution is 2.41. The SMILES string of the molecule is C=C1CCN2CC(O)CC12C. The van der Waals surface area contributed by atoms with Gasteiger partial charge in [0.1, 0.15) is 0 Å². The molecule has 2 nitrogen and oxygen atoms in total. The van der Waals surface area contributed by atoms with Crippen molar-refractivity contribution in [2.45, 2.75) is 31.4 Å². The first kappa shape index (κ1) is 7.32. The third-order valence-corrected chi connectivity index (χ3v) is 3.21. The minimum Gasteiger partial charge on any atom is -0.392 e. The normalized spacial score (nSPS) is 44.9. The van der Waals surface area contributed by atoms with Crippen LogP contribution in [-0.2, 0) is 0 Å². The minimum absolute atomic E-state index is 0.124. The topological polar surface area (TPSA) is 23.5 Å². The summed E-state index contributed by atoms with van der Waals surface area (Å²) in [6, 6.07) is 0. The predicted molar refractivity (Wildman–Crippen MR) is 44.4 cm³/mol. The van der Waals surface area contributed by atoms with E-state index < -0.39 is 0 Å². The van der Waals surface area contributed by atoms with Crippen LogP contribution in [0.2, 0.25) is 0 Å². The Balaban J connectivity index is 2.26. The molecule has 0 aliphatic carbocycles. The van der Waals surface area contributed by atoms with Crippen LogP contribution in [0.1, 0.15) is 19.8 Å². The first-order chi connectivity index (χ1) is 5.13. The highest BCUT2D eigenvalue weighted by Gasteiger charge is 2.46. The molecule has 2 saturated heterocycles. The van der Waals surface area contributed by atoms with Crippen LogP contribution < -0.4 is 0 Å². The van der Waals surface area contributed by atoms with E-state index in [1.165, 1.54) is 5.57 Å². The molecule has 2 heterocycles. The third kappa shape index (κ3) is 0.861. The number of aliphatic hydroxyl groups is 1. The summed E-state index contributed by atoms with van der Waals surface area (Å²) in [6.07, 6.45) is 1.87. The molecule has 2 aliphatic heterocycles. The molecule has 1 N–H and O–H groups in total. The van der Waals surface area contributed by atoms with E-state index in [1.54, 1.807) is 0 Å². The molecule has 2 heteroatoms. The fourth-order valence-corrected chi connectivity index (χ4v) is 2.35. The maximum atomic E-state index is 9.44. The molecule has 0 saturated carbocycles. The average Bonchev–Trinajstić information content (AvgIpc) is 2.32. The number of β-amino-alcohol motifs (C(OH)–C–C–N with tert-alkyl or cyclic N) is 1.